The molecule has 2 nitrogen and oxygen atoms in total. The molecule has 86 valence electrons. The maximum absolute atomic E-state index is 12.9. The fourth-order valence-electron chi connectivity index (χ4n) is 1.96. The first-order valence-corrected chi connectivity index (χ1v) is 5.55. The summed E-state index contributed by atoms with van der Waals surface area (Å²) in [4.78, 5) is 0. The van der Waals surface area contributed by atoms with E-state index in [1.165, 1.54) is 12.1 Å². The third kappa shape index (κ3) is 2.90. The zero-order valence-electron chi connectivity index (χ0n) is 9.07. The molecule has 0 aliphatic heterocycles. The van der Waals surface area contributed by atoms with Crippen LogP contribution in [-0.2, 0) is 6.54 Å². The minimum Gasteiger partial charge on any atom is -0.396 e. The number of rotatable bonds is 4. The van der Waals surface area contributed by atoms with Gasteiger partial charge in [0.05, 0.1) is 0 Å². The average Bonchev–Trinajstić information content (AvgIpc) is 2.74. The first-order chi connectivity index (χ1) is 7.78. The Hall–Kier alpha value is -1.19. The van der Waals surface area contributed by atoms with Crippen molar-refractivity contribution in [3.05, 3.63) is 47.8 Å². The van der Waals surface area contributed by atoms with Crippen molar-refractivity contribution in [2.45, 2.75) is 19.0 Å². The van der Waals surface area contributed by atoms with Crippen LogP contribution in [0.2, 0.25) is 0 Å². The van der Waals surface area contributed by atoms with Gasteiger partial charge in [0.25, 0.3) is 0 Å². The molecule has 0 amide bonds. The van der Waals surface area contributed by atoms with Gasteiger partial charge in [-0.05, 0) is 24.1 Å². The molecule has 0 heterocycles. The van der Waals surface area contributed by atoms with Crippen LogP contribution < -0.4 is 5.32 Å². The van der Waals surface area contributed by atoms with Gasteiger partial charge in [0.2, 0.25) is 0 Å². The lowest BCUT2D eigenvalue weighted by molar-refractivity contribution is 0.246. The number of benzene rings is 1. The maximum Gasteiger partial charge on any atom is 0.123 e. The van der Waals surface area contributed by atoms with Crippen molar-refractivity contribution in [1.82, 2.24) is 5.32 Å². The van der Waals surface area contributed by atoms with Gasteiger partial charge in [0, 0.05) is 25.1 Å². The van der Waals surface area contributed by atoms with E-state index in [1.54, 1.807) is 6.07 Å². The molecule has 3 heteroatoms. The number of halogens is 1. The first kappa shape index (κ1) is 11.3. The molecule has 2 atom stereocenters. The highest BCUT2D eigenvalue weighted by Crippen LogP contribution is 2.17. The van der Waals surface area contributed by atoms with Gasteiger partial charge >= 0.3 is 0 Å². The molecule has 0 unspecified atom stereocenters. The molecular formula is C13H16FNO. The van der Waals surface area contributed by atoms with Crippen LogP contribution in [0.3, 0.4) is 0 Å². The summed E-state index contributed by atoms with van der Waals surface area (Å²) >= 11 is 0. The third-order valence-corrected chi connectivity index (χ3v) is 2.86. The lowest BCUT2D eigenvalue weighted by atomic mass is 10.1. The summed E-state index contributed by atoms with van der Waals surface area (Å²) in [5.74, 6) is 0.0690. The van der Waals surface area contributed by atoms with Crippen LogP contribution in [0.1, 0.15) is 12.0 Å². The van der Waals surface area contributed by atoms with E-state index >= 15 is 0 Å². The number of aliphatic hydroxyl groups is 1. The summed E-state index contributed by atoms with van der Waals surface area (Å²) in [7, 11) is 0. The molecule has 0 radical (unpaired) electrons. The van der Waals surface area contributed by atoms with Crippen molar-refractivity contribution < 1.29 is 9.50 Å². The van der Waals surface area contributed by atoms with Gasteiger partial charge in [-0.25, -0.2) is 4.39 Å². The number of aliphatic hydroxyl groups excluding tert-OH is 1. The fourth-order valence-corrected chi connectivity index (χ4v) is 1.96. The Bertz CT molecular complexity index is 378. The van der Waals surface area contributed by atoms with Gasteiger partial charge in [0.15, 0.2) is 0 Å². The van der Waals surface area contributed by atoms with Crippen LogP contribution in [0.15, 0.2) is 36.4 Å². The lowest BCUT2D eigenvalue weighted by Crippen LogP contribution is -2.26. The Labute approximate surface area is 94.8 Å². The summed E-state index contributed by atoms with van der Waals surface area (Å²) in [5, 5.41) is 12.3. The fraction of sp³-hybridized carbons (Fsp3) is 0.385. The monoisotopic (exact) mass is 221 g/mol. The summed E-state index contributed by atoms with van der Waals surface area (Å²) in [5.41, 5.74) is 0.945. The van der Waals surface area contributed by atoms with E-state index < -0.39 is 0 Å². The van der Waals surface area contributed by atoms with Crippen molar-refractivity contribution in [3.8, 4) is 0 Å². The van der Waals surface area contributed by atoms with Gasteiger partial charge < -0.3 is 10.4 Å². The highest BCUT2D eigenvalue weighted by molar-refractivity contribution is 5.16. The van der Waals surface area contributed by atoms with Crippen LogP contribution in [0.5, 0.6) is 0 Å². The van der Waals surface area contributed by atoms with Gasteiger partial charge in [-0.3, -0.25) is 0 Å². The molecule has 0 saturated carbocycles. The largest absolute Gasteiger partial charge is 0.396 e. The molecule has 16 heavy (non-hydrogen) atoms. The van der Waals surface area contributed by atoms with Crippen LogP contribution in [0.4, 0.5) is 4.39 Å². The number of hydrogen-bond donors (Lipinski definition) is 2. The maximum atomic E-state index is 12.9. The Kier molecular flexibility index (Phi) is 3.70. The van der Waals surface area contributed by atoms with E-state index in [1.807, 2.05) is 12.1 Å². The van der Waals surface area contributed by atoms with Crippen LogP contribution in [-0.4, -0.2) is 17.8 Å². The van der Waals surface area contributed by atoms with E-state index in [-0.39, 0.29) is 18.3 Å². The molecule has 0 bridgehead atoms. The van der Waals surface area contributed by atoms with Gasteiger partial charge in [-0.2, -0.15) is 0 Å². The third-order valence-electron chi connectivity index (χ3n) is 2.86. The Morgan fingerprint density at radius 1 is 1.38 bits per heavy atom. The Morgan fingerprint density at radius 2 is 2.25 bits per heavy atom. The van der Waals surface area contributed by atoms with E-state index in [4.69, 9.17) is 5.11 Å². The minimum atomic E-state index is -0.200. The molecule has 1 aromatic rings. The van der Waals surface area contributed by atoms with Gasteiger partial charge in [-0.1, -0.05) is 24.3 Å². The second-order valence-electron chi connectivity index (χ2n) is 4.18. The molecule has 1 aliphatic carbocycles. The van der Waals surface area contributed by atoms with E-state index in [9.17, 15) is 4.39 Å². The molecular weight excluding hydrogens is 205 g/mol. The van der Waals surface area contributed by atoms with Crippen molar-refractivity contribution in [1.29, 1.82) is 0 Å². The van der Waals surface area contributed by atoms with Crippen molar-refractivity contribution in [3.63, 3.8) is 0 Å². The normalized spacial score (nSPS) is 23.9. The van der Waals surface area contributed by atoms with Crippen LogP contribution in [0.25, 0.3) is 0 Å². The highest BCUT2D eigenvalue weighted by atomic mass is 19.1. The molecule has 0 spiro atoms. The molecule has 2 N–H and O–H groups in total. The van der Waals surface area contributed by atoms with E-state index in [0.29, 0.717) is 12.6 Å². The summed E-state index contributed by atoms with van der Waals surface area (Å²) in [6.45, 7) is 0.861. The number of hydrogen-bond acceptors (Lipinski definition) is 2. The molecule has 0 fully saturated rings. The topological polar surface area (TPSA) is 32.3 Å². The summed E-state index contributed by atoms with van der Waals surface area (Å²) in [6.07, 6.45) is 5.02. The molecule has 1 aromatic carbocycles. The number of nitrogens with one attached hydrogen (secondary N) is 1. The predicted molar refractivity (Wildman–Crippen MR) is 61.4 cm³/mol. The zero-order valence-corrected chi connectivity index (χ0v) is 9.07. The second-order valence-corrected chi connectivity index (χ2v) is 4.18. The van der Waals surface area contributed by atoms with E-state index in [2.05, 4.69) is 11.4 Å². The van der Waals surface area contributed by atoms with E-state index in [0.717, 1.165) is 12.0 Å². The highest BCUT2D eigenvalue weighted by Gasteiger charge is 2.17. The first-order valence-electron chi connectivity index (χ1n) is 5.55. The van der Waals surface area contributed by atoms with Crippen molar-refractivity contribution in [2.24, 2.45) is 5.92 Å². The quantitative estimate of drug-likeness (QED) is 0.760. The van der Waals surface area contributed by atoms with Crippen LogP contribution >= 0.6 is 0 Å². The molecule has 0 saturated heterocycles. The lowest BCUT2D eigenvalue weighted by Gasteiger charge is -2.12. The van der Waals surface area contributed by atoms with Gasteiger partial charge in [0.1, 0.15) is 5.82 Å². The minimum absolute atomic E-state index is 0.200. The predicted octanol–water partition coefficient (Wildman–Crippen LogP) is 1.85. The summed E-state index contributed by atoms with van der Waals surface area (Å²) < 4.78 is 12.9. The Morgan fingerprint density at radius 3 is 2.94 bits per heavy atom. The molecule has 2 rings (SSSR count). The smallest absolute Gasteiger partial charge is 0.123 e. The average molecular weight is 221 g/mol. The Balaban J connectivity index is 1.82. The van der Waals surface area contributed by atoms with Gasteiger partial charge in [-0.15, -0.1) is 0 Å². The van der Waals surface area contributed by atoms with Crippen LogP contribution in [0, 0.1) is 11.7 Å². The molecule has 0 aromatic heterocycles. The zero-order chi connectivity index (χ0) is 11.4. The molecule has 1 aliphatic rings. The van der Waals surface area contributed by atoms with Crippen molar-refractivity contribution in [2.75, 3.05) is 6.61 Å². The SMILES string of the molecule is OC[C@H]1C=C[C@@H](NCc2cccc(F)c2)C1. The standard InChI is InChI=1S/C13H16FNO/c14-12-3-1-2-10(6-12)8-15-13-5-4-11(7-13)9-16/h1-6,11,13,15-16H,7-9H2/t11-,13+/m0/s1. The summed E-state index contributed by atoms with van der Waals surface area (Å²) in [6, 6.07) is 6.89. The van der Waals surface area contributed by atoms with Crippen molar-refractivity contribution >= 4 is 0 Å². The second kappa shape index (κ2) is 5.23.